The minimum Gasteiger partial charge on any atom is -0.473 e. The van der Waals surface area contributed by atoms with E-state index in [1.54, 1.807) is 0 Å². The molecule has 1 nitrogen and oxygen atoms in total. The van der Waals surface area contributed by atoms with E-state index in [2.05, 4.69) is 26.0 Å². The summed E-state index contributed by atoms with van der Waals surface area (Å²) in [7, 11) is 0. The Kier molecular flexibility index (Phi) is 32.6. The fourth-order valence-electron chi connectivity index (χ4n) is 4.85. The zero-order chi connectivity index (χ0) is 25.3. The van der Waals surface area contributed by atoms with E-state index >= 15 is 0 Å². The predicted molar refractivity (Wildman–Crippen MR) is 160 cm³/mol. The zero-order valence-corrected chi connectivity index (χ0v) is 24.5. The highest BCUT2D eigenvalue weighted by molar-refractivity contribution is 4.79. The highest BCUT2D eigenvalue weighted by Crippen LogP contribution is 2.14. The molecule has 0 unspecified atom stereocenters. The van der Waals surface area contributed by atoms with E-state index in [0.717, 1.165) is 12.8 Å². The number of hydrogen-bond donors (Lipinski definition) is 0. The number of hydrogen-bond acceptors (Lipinski definition) is 1. The second kappa shape index (κ2) is 33.3. The molecule has 0 aromatic heterocycles. The molecule has 1 heteroatoms. The van der Waals surface area contributed by atoms with Crippen LogP contribution in [0.5, 0.6) is 0 Å². The maximum atomic E-state index is 5.50. The summed E-state index contributed by atoms with van der Waals surface area (Å²) in [6.45, 7) is 4.59. The number of rotatable bonds is 30. The molecule has 0 heterocycles. The summed E-state index contributed by atoms with van der Waals surface area (Å²) in [6, 6.07) is 0. The molecule has 0 radical (unpaired) electrons. The lowest BCUT2D eigenvalue weighted by atomic mass is 10.0. The van der Waals surface area contributed by atoms with Gasteiger partial charge >= 0.3 is 0 Å². The van der Waals surface area contributed by atoms with Gasteiger partial charge in [0.2, 0.25) is 0 Å². The van der Waals surface area contributed by atoms with Gasteiger partial charge in [-0.05, 0) is 37.8 Å². The van der Waals surface area contributed by atoms with Gasteiger partial charge in [-0.25, -0.2) is 0 Å². The van der Waals surface area contributed by atoms with Crippen molar-refractivity contribution in [3.05, 3.63) is 24.7 Å². The third-order valence-electron chi connectivity index (χ3n) is 7.30. The van der Waals surface area contributed by atoms with Crippen molar-refractivity contribution in [1.29, 1.82) is 0 Å². The van der Waals surface area contributed by atoms with Gasteiger partial charge in [0.15, 0.2) is 0 Å². The van der Waals surface area contributed by atoms with Gasteiger partial charge in [-0.1, -0.05) is 168 Å². The quantitative estimate of drug-likeness (QED) is 0.0718. The summed E-state index contributed by atoms with van der Waals surface area (Å²) < 4.78 is 5.50. The van der Waals surface area contributed by atoms with Crippen molar-refractivity contribution >= 4 is 0 Å². The monoisotopic (exact) mass is 491 g/mol. The van der Waals surface area contributed by atoms with Gasteiger partial charge in [0.05, 0.1) is 12.5 Å². The largest absolute Gasteiger partial charge is 0.473 e. The summed E-state index contributed by atoms with van der Waals surface area (Å²) in [4.78, 5) is 0. The first kappa shape index (κ1) is 34.3. The SMILES string of the molecule is CCCCCCCCCCCCCCCC=COC=CCCCCCCCCCCCCCCC. The molecule has 35 heavy (non-hydrogen) atoms. The number of ether oxygens (including phenoxy) is 1. The van der Waals surface area contributed by atoms with Gasteiger partial charge in [0.25, 0.3) is 0 Å². The predicted octanol–water partition coefficient (Wildman–Crippen LogP) is 13.0. The maximum Gasteiger partial charge on any atom is 0.0861 e. The molecule has 0 saturated heterocycles. The Labute approximate surface area is 223 Å². The van der Waals surface area contributed by atoms with Gasteiger partial charge in [0.1, 0.15) is 0 Å². The molecule has 0 amide bonds. The standard InChI is InChI=1S/C34H66O/c1-3-5-7-9-11-13-15-17-19-21-23-25-27-29-31-33-35-34-32-30-28-26-24-22-20-18-16-14-12-10-8-6-4-2/h31-34H,3-30H2,1-2H3. The van der Waals surface area contributed by atoms with Crippen LogP contribution in [-0.4, -0.2) is 0 Å². The normalized spacial score (nSPS) is 11.8. The van der Waals surface area contributed by atoms with Crippen molar-refractivity contribution in [2.75, 3.05) is 0 Å². The first-order chi connectivity index (χ1) is 17.4. The molecule has 0 aliphatic heterocycles. The zero-order valence-electron chi connectivity index (χ0n) is 24.5. The Morgan fingerprint density at radius 1 is 0.314 bits per heavy atom. The van der Waals surface area contributed by atoms with Gasteiger partial charge in [-0.3, -0.25) is 0 Å². The Morgan fingerprint density at radius 3 is 0.800 bits per heavy atom. The topological polar surface area (TPSA) is 9.23 Å². The molecule has 0 aromatic rings. The van der Waals surface area contributed by atoms with Gasteiger partial charge < -0.3 is 4.74 Å². The Hall–Kier alpha value is -0.720. The van der Waals surface area contributed by atoms with Crippen molar-refractivity contribution in [2.45, 2.75) is 194 Å². The van der Waals surface area contributed by atoms with Crippen LogP contribution in [0.15, 0.2) is 24.7 Å². The van der Waals surface area contributed by atoms with Crippen molar-refractivity contribution in [3.8, 4) is 0 Å². The van der Waals surface area contributed by atoms with Crippen LogP contribution in [-0.2, 0) is 4.74 Å². The maximum absolute atomic E-state index is 5.50. The fraction of sp³-hybridized carbons (Fsp3) is 0.882. The van der Waals surface area contributed by atoms with Crippen LogP contribution >= 0.6 is 0 Å². The van der Waals surface area contributed by atoms with E-state index in [0.29, 0.717) is 0 Å². The second-order valence-corrected chi connectivity index (χ2v) is 10.9. The summed E-state index contributed by atoms with van der Waals surface area (Å²) in [5.41, 5.74) is 0. The summed E-state index contributed by atoms with van der Waals surface area (Å²) in [5.74, 6) is 0. The van der Waals surface area contributed by atoms with Crippen LogP contribution in [0.3, 0.4) is 0 Å². The Morgan fingerprint density at radius 2 is 0.543 bits per heavy atom. The first-order valence-electron chi connectivity index (χ1n) is 16.4. The third-order valence-corrected chi connectivity index (χ3v) is 7.30. The van der Waals surface area contributed by atoms with Crippen molar-refractivity contribution in [1.82, 2.24) is 0 Å². The molecule has 0 spiro atoms. The Balaban J connectivity index is 3.14. The molecule has 0 aliphatic carbocycles. The van der Waals surface area contributed by atoms with Gasteiger partial charge in [-0.15, -0.1) is 0 Å². The lowest BCUT2D eigenvalue weighted by molar-refractivity contribution is 0.397. The average Bonchev–Trinajstić information content (AvgIpc) is 2.87. The van der Waals surface area contributed by atoms with Crippen LogP contribution in [0.2, 0.25) is 0 Å². The van der Waals surface area contributed by atoms with Crippen molar-refractivity contribution < 1.29 is 4.74 Å². The first-order valence-corrected chi connectivity index (χ1v) is 16.4. The fourth-order valence-corrected chi connectivity index (χ4v) is 4.85. The Bertz CT molecular complexity index is 373. The molecule has 208 valence electrons. The molecular weight excluding hydrogens is 424 g/mol. The van der Waals surface area contributed by atoms with E-state index in [4.69, 9.17) is 4.74 Å². The van der Waals surface area contributed by atoms with Crippen molar-refractivity contribution in [3.63, 3.8) is 0 Å². The third kappa shape index (κ3) is 33.3. The summed E-state index contributed by atoms with van der Waals surface area (Å²) >= 11 is 0. The van der Waals surface area contributed by atoms with Gasteiger partial charge in [0, 0.05) is 0 Å². The molecule has 0 aromatic carbocycles. The molecular formula is C34H66O. The van der Waals surface area contributed by atoms with Crippen LogP contribution in [0, 0.1) is 0 Å². The highest BCUT2D eigenvalue weighted by atomic mass is 16.5. The van der Waals surface area contributed by atoms with E-state index in [-0.39, 0.29) is 0 Å². The molecule has 0 atom stereocenters. The summed E-state index contributed by atoms with van der Waals surface area (Å²) in [5, 5.41) is 0. The number of allylic oxidation sites excluding steroid dienone is 2. The van der Waals surface area contributed by atoms with Crippen LogP contribution in [0.25, 0.3) is 0 Å². The van der Waals surface area contributed by atoms with E-state index < -0.39 is 0 Å². The lowest BCUT2D eigenvalue weighted by Crippen LogP contribution is -1.83. The second-order valence-electron chi connectivity index (χ2n) is 10.9. The molecule has 0 aliphatic rings. The van der Waals surface area contributed by atoms with Crippen LogP contribution in [0.4, 0.5) is 0 Å². The molecule has 0 saturated carbocycles. The van der Waals surface area contributed by atoms with E-state index in [1.165, 1.54) is 167 Å². The molecule has 0 bridgehead atoms. The lowest BCUT2D eigenvalue weighted by Gasteiger charge is -2.02. The van der Waals surface area contributed by atoms with Crippen LogP contribution in [0.1, 0.15) is 194 Å². The van der Waals surface area contributed by atoms with Gasteiger partial charge in [-0.2, -0.15) is 0 Å². The summed E-state index contributed by atoms with van der Waals surface area (Å²) in [6.07, 6.45) is 47.4. The van der Waals surface area contributed by atoms with Crippen molar-refractivity contribution in [2.24, 2.45) is 0 Å². The number of unbranched alkanes of at least 4 members (excludes halogenated alkanes) is 26. The minimum atomic E-state index is 1.16. The smallest absolute Gasteiger partial charge is 0.0861 e. The highest BCUT2D eigenvalue weighted by Gasteiger charge is 1.94. The average molecular weight is 491 g/mol. The molecule has 0 fully saturated rings. The van der Waals surface area contributed by atoms with Crippen LogP contribution < -0.4 is 0 Å². The van der Waals surface area contributed by atoms with E-state index in [1.807, 2.05) is 12.5 Å². The minimum absolute atomic E-state index is 1.16. The van der Waals surface area contributed by atoms with E-state index in [9.17, 15) is 0 Å². The molecule has 0 rings (SSSR count). The molecule has 0 N–H and O–H groups in total.